The fourth-order valence-electron chi connectivity index (χ4n) is 2.02. The van der Waals surface area contributed by atoms with Gasteiger partial charge in [0.05, 0.1) is 21.4 Å². The predicted octanol–water partition coefficient (Wildman–Crippen LogP) is 5.19. The molecule has 1 heterocycles. The second-order valence-corrected chi connectivity index (χ2v) is 6.11. The fraction of sp³-hybridized carbons (Fsp3) is 0. The maximum Gasteiger partial charge on any atom is 0.127 e. The van der Waals surface area contributed by atoms with Crippen LogP contribution in [0.2, 0.25) is 10.0 Å². The predicted molar refractivity (Wildman–Crippen MR) is 91.1 cm³/mol. The van der Waals surface area contributed by atoms with Crippen LogP contribution in [0.25, 0.3) is 16.9 Å². The lowest BCUT2D eigenvalue weighted by atomic mass is 10.1. The van der Waals surface area contributed by atoms with Gasteiger partial charge < -0.3 is 5.73 Å². The molecule has 0 saturated heterocycles. The van der Waals surface area contributed by atoms with Gasteiger partial charge in [-0.25, -0.2) is 4.68 Å². The Hall–Kier alpha value is -1.49. The van der Waals surface area contributed by atoms with E-state index in [2.05, 4.69) is 21.0 Å². The van der Waals surface area contributed by atoms with Gasteiger partial charge in [-0.2, -0.15) is 5.10 Å². The van der Waals surface area contributed by atoms with Crippen molar-refractivity contribution in [1.29, 1.82) is 0 Å². The number of nitrogens with two attached hydrogens (primary N) is 1. The van der Waals surface area contributed by atoms with Crippen LogP contribution >= 0.6 is 39.1 Å². The van der Waals surface area contributed by atoms with Crippen LogP contribution in [0.3, 0.4) is 0 Å². The van der Waals surface area contributed by atoms with Gasteiger partial charge in [0.15, 0.2) is 0 Å². The third-order valence-electron chi connectivity index (χ3n) is 3.03. The van der Waals surface area contributed by atoms with Crippen LogP contribution in [0.5, 0.6) is 0 Å². The van der Waals surface area contributed by atoms with Crippen LogP contribution in [-0.2, 0) is 0 Å². The molecule has 0 saturated carbocycles. The average molecular weight is 383 g/mol. The second-order valence-electron chi connectivity index (χ2n) is 4.44. The molecule has 1 aromatic heterocycles. The van der Waals surface area contributed by atoms with Crippen molar-refractivity contribution in [3.8, 4) is 16.9 Å². The largest absolute Gasteiger partial charge is 0.384 e. The molecule has 0 unspecified atom stereocenters. The summed E-state index contributed by atoms with van der Waals surface area (Å²) in [6, 6.07) is 14.9. The van der Waals surface area contributed by atoms with E-state index in [9.17, 15) is 0 Å². The number of nitrogens with zero attached hydrogens (tertiary/aromatic N) is 2. The summed E-state index contributed by atoms with van der Waals surface area (Å²) in [4.78, 5) is 0. The van der Waals surface area contributed by atoms with Gasteiger partial charge in [0.2, 0.25) is 0 Å². The molecule has 3 rings (SSSR count). The van der Waals surface area contributed by atoms with Crippen LogP contribution in [0.4, 0.5) is 5.82 Å². The summed E-state index contributed by atoms with van der Waals surface area (Å²) >= 11 is 15.5. The van der Waals surface area contributed by atoms with Gasteiger partial charge in [0.25, 0.3) is 0 Å². The topological polar surface area (TPSA) is 43.8 Å². The lowest BCUT2D eigenvalue weighted by molar-refractivity contribution is 0.895. The molecule has 2 aromatic carbocycles. The van der Waals surface area contributed by atoms with Gasteiger partial charge >= 0.3 is 0 Å². The Labute approximate surface area is 140 Å². The summed E-state index contributed by atoms with van der Waals surface area (Å²) in [5.74, 6) is 0.527. The summed E-state index contributed by atoms with van der Waals surface area (Å²) in [6.45, 7) is 0. The zero-order chi connectivity index (χ0) is 15.0. The number of aromatic nitrogens is 2. The molecule has 0 spiro atoms. The number of hydrogen-bond donors (Lipinski definition) is 1. The molecule has 0 aliphatic heterocycles. The van der Waals surface area contributed by atoms with Crippen molar-refractivity contribution in [3.63, 3.8) is 0 Å². The highest BCUT2D eigenvalue weighted by Gasteiger charge is 2.11. The van der Waals surface area contributed by atoms with E-state index in [-0.39, 0.29) is 0 Å². The Morgan fingerprint density at radius 3 is 2.48 bits per heavy atom. The third kappa shape index (κ3) is 2.79. The lowest BCUT2D eigenvalue weighted by Gasteiger charge is -2.05. The van der Waals surface area contributed by atoms with E-state index in [0.29, 0.717) is 15.9 Å². The van der Waals surface area contributed by atoms with Crippen molar-refractivity contribution in [3.05, 3.63) is 63.0 Å². The Morgan fingerprint density at radius 1 is 1.00 bits per heavy atom. The maximum atomic E-state index is 6.06. The first-order chi connectivity index (χ1) is 10.1. The smallest absolute Gasteiger partial charge is 0.127 e. The van der Waals surface area contributed by atoms with Crippen molar-refractivity contribution >= 4 is 44.9 Å². The molecule has 0 bridgehead atoms. The van der Waals surface area contributed by atoms with Crippen LogP contribution in [0.1, 0.15) is 0 Å². The number of nitrogen functional groups attached to an aromatic ring is 1. The van der Waals surface area contributed by atoms with Crippen molar-refractivity contribution in [2.75, 3.05) is 5.73 Å². The Balaban J connectivity index is 2.10. The van der Waals surface area contributed by atoms with E-state index >= 15 is 0 Å². The molecule has 21 heavy (non-hydrogen) atoms. The first-order valence-corrected chi connectivity index (χ1v) is 7.67. The highest BCUT2D eigenvalue weighted by Crippen LogP contribution is 2.30. The quantitative estimate of drug-likeness (QED) is 0.662. The second kappa shape index (κ2) is 5.72. The minimum absolute atomic E-state index is 0.464. The molecule has 0 atom stereocenters. The van der Waals surface area contributed by atoms with E-state index in [1.807, 2.05) is 36.4 Å². The minimum atomic E-state index is 0.464. The van der Waals surface area contributed by atoms with E-state index in [4.69, 9.17) is 28.9 Å². The van der Waals surface area contributed by atoms with Gasteiger partial charge in [-0.15, -0.1) is 0 Å². The first kappa shape index (κ1) is 14.4. The van der Waals surface area contributed by atoms with E-state index in [1.165, 1.54) is 0 Å². The van der Waals surface area contributed by atoms with Crippen LogP contribution < -0.4 is 5.73 Å². The molecule has 0 aliphatic rings. The summed E-state index contributed by atoms with van der Waals surface area (Å²) in [5, 5.41) is 5.50. The molecule has 6 heteroatoms. The zero-order valence-corrected chi connectivity index (χ0v) is 13.8. The highest BCUT2D eigenvalue weighted by molar-refractivity contribution is 9.10. The van der Waals surface area contributed by atoms with Crippen molar-refractivity contribution in [2.24, 2.45) is 0 Å². The van der Waals surface area contributed by atoms with Crippen LogP contribution in [0, 0.1) is 0 Å². The van der Waals surface area contributed by atoms with Gasteiger partial charge in [-0.05, 0) is 24.3 Å². The molecule has 3 aromatic rings. The summed E-state index contributed by atoms with van der Waals surface area (Å²) < 4.78 is 2.60. The van der Waals surface area contributed by atoms with Crippen LogP contribution in [-0.4, -0.2) is 9.78 Å². The van der Waals surface area contributed by atoms with Crippen LogP contribution in [0.15, 0.2) is 53.0 Å². The molecular formula is C15H10BrCl2N3. The molecule has 0 amide bonds. The first-order valence-electron chi connectivity index (χ1n) is 6.12. The number of benzene rings is 2. The number of halogens is 3. The van der Waals surface area contributed by atoms with Gasteiger partial charge in [0.1, 0.15) is 5.82 Å². The molecule has 2 N–H and O–H groups in total. The Morgan fingerprint density at radius 2 is 1.76 bits per heavy atom. The zero-order valence-electron chi connectivity index (χ0n) is 10.7. The number of hydrogen-bond acceptors (Lipinski definition) is 2. The SMILES string of the molecule is Nc1cc(-c2ccccc2Br)nn1-c1ccc(Cl)c(Cl)c1. The Bertz CT molecular complexity index is 814. The Kier molecular flexibility index (Phi) is 3.93. The molecule has 0 aliphatic carbocycles. The van der Waals surface area contributed by atoms with Crippen molar-refractivity contribution < 1.29 is 0 Å². The molecule has 0 radical (unpaired) electrons. The fourth-order valence-corrected chi connectivity index (χ4v) is 2.80. The molecular weight excluding hydrogens is 373 g/mol. The lowest BCUT2D eigenvalue weighted by Crippen LogP contribution is -2.01. The number of rotatable bonds is 2. The van der Waals surface area contributed by atoms with Gasteiger partial charge in [0, 0.05) is 16.1 Å². The standard InChI is InChI=1S/C15H10BrCl2N3/c16-11-4-2-1-3-10(11)14-8-15(19)21(20-14)9-5-6-12(17)13(18)7-9/h1-8H,19H2. The normalized spacial score (nSPS) is 10.8. The number of anilines is 1. The van der Waals surface area contributed by atoms with Crippen molar-refractivity contribution in [2.45, 2.75) is 0 Å². The monoisotopic (exact) mass is 381 g/mol. The third-order valence-corrected chi connectivity index (χ3v) is 4.47. The summed E-state index contributed by atoms with van der Waals surface area (Å²) in [5.41, 5.74) is 8.58. The molecule has 0 fully saturated rings. The molecule has 106 valence electrons. The summed E-state index contributed by atoms with van der Waals surface area (Å²) in [6.07, 6.45) is 0. The minimum Gasteiger partial charge on any atom is -0.384 e. The van der Waals surface area contributed by atoms with E-state index in [0.717, 1.165) is 21.4 Å². The maximum absolute atomic E-state index is 6.06. The van der Waals surface area contributed by atoms with Gasteiger partial charge in [-0.3, -0.25) is 0 Å². The average Bonchev–Trinajstić information content (AvgIpc) is 2.84. The van der Waals surface area contributed by atoms with Gasteiger partial charge in [-0.1, -0.05) is 57.3 Å². The summed E-state index contributed by atoms with van der Waals surface area (Å²) in [7, 11) is 0. The van der Waals surface area contributed by atoms with Crippen molar-refractivity contribution in [1.82, 2.24) is 9.78 Å². The van der Waals surface area contributed by atoms with E-state index in [1.54, 1.807) is 16.8 Å². The van der Waals surface area contributed by atoms with E-state index < -0.39 is 0 Å². The highest BCUT2D eigenvalue weighted by atomic mass is 79.9. The molecule has 3 nitrogen and oxygen atoms in total.